The van der Waals surface area contributed by atoms with Gasteiger partial charge in [0.2, 0.25) is 15.9 Å². The quantitative estimate of drug-likeness (QED) is 0.667. The van der Waals surface area contributed by atoms with Gasteiger partial charge in [0.1, 0.15) is 0 Å². The molecular formula is C22H30N2O6S. The van der Waals surface area contributed by atoms with Gasteiger partial charge in [0, 0.05) is 19.0 Å². The van der Waals surface area contributed by atoms with Gasteiger partial charge >= 0.3 is 5.97 Å². The molecule has 0 aromatic heterocycles. The molecule has 3 rings (SSSR count). The first-order valence-electron chi connectivity index (χ1n) is 11.0. The second-order valence-electron chi connectivity index (χ2n) is 8.17. The number of carbonyl (C=O) groups excluding carboxylic acids is 3. The van der Waals surface area contributed by atoms with Gasteiger partial charge in [-0.3, -0.25) is 14.9 Å². The van der Waals surface area contributed by atoms with Crippen LogP contribution in [0.2, 0.25) is 0 Å². The maximum atomic E-state index is 12.9. The van der Waals surface area contributed by atoms with Crippen molar-refractivity contribution in [2.24, 2.45) is 5.92 Å². The minimum Gasteiger partial charge on any atom is -0.452 e. The van der Waals surface area contributed by atoms with Crippen molar-refractivity contribution in [2.45, 2.75) is 62.7 Å². The van der Waals surface area contributed by atoms with Crippen LogP contribution in [0.5, 0.6) is 0 Å². The van der Waals surface area contributed by atoms with Gasteiger partial charge in [-0.15, -0.1) is 0 Å². The highest BCUT2D eigenvalue weighted by Crippen LogP contribution is 2.24. The molecule has 9 heteroatoms. The van der Waals surface area contributed by atoms with E-state index in [4.69, 9.17) is 4.74 Å². The molecule has 1 aliphatic carbocycles. The molecule has 1 aromatic carbocycles. The molecule has 0 atom stereocenters. The van der Waals surface area contributed by atoms with Crippen molar-refractivity contribution in [2.75, 3.05) is 19.7 Å². The molecule has 0 radical (unpaired) electrons. The molecule has 8 nitrogen and oxygen atoms in total. The fraction of sp³-hybridized carbons (Fsp3) is 0.591. The van der Waals surface area contributed by atoms with Crippen molar-refractivity contribution in [1.29, 1.82) is 0 Å². The number of hydrogen-bond acceptors (Lipinski definition) is 6. The number of rotatable bonds is 6. The van der Waals surface area contributed by atoms with E-state index in [0.717, 1.165) is 57.8 Å². The number of esters is 1. The summed E-state index contributed by atoms with van der Waals surface area (Å²) in [4.78, 5) is 36.5. The Morgan fingerprint density at radius 3 is 2.29 bits per heavy atom. The van der Waals surface area contributed by atoms with Gasteiger partial charge in [-0.2, -0.15) is 4.31 Å². The first-order valence-corrected chi connectivity index (χ1v) is 12.4. The molecule has 1 aliphatic heterocycles. The predicted octanol–water partition coefficient (Wildman–Crippen LogP) is 2.63. The van der Waals surface area contributed by atoms with E-state index in [0.29, 0.717) is 13.1 Å². The van der Waals surface area contributed by atoms with Crippen LogP contribution in [0.15, 0.2) is 29.2 Å². The topological polar surface area (TPSA) is 110 Å². The van der Waals surface area contributed by atoms with Crippen molar-refractivity contribution < 1.29 is 27.5 Å². The van der Waals surface area contributed by atoms with Crippen LogP contribution in [0.4, 0.5) is 0 Å². The summed E-state index contributed by atoms with van der Waals surface area (Å²) in [7, 11) is -3.70. The average Bonchev–Trinajstić information content (AvgIpc) is 3.08. The molecule has 0 bridgehead atoms. The van der Waals surface area contributed by atoms with Crippen molar-refractivity contribution in [3.8, 4) is 0 Å². The Kier molecular flexibility index (Phi) is 8.20. The molecule has 170 valence electrons. The molecule has 1 N–H and O–H groups in total. The Morgan fingerprint density at radius 2 is 1.61 bits per heavy atom. The van der Waals surface area contributed by atoms with Gasteiger partial charge in [-0.05, 0) is 43.9 Å². The van der Waals surface area contributed by atoms with Crippen LogP contribution >= 0.6 is 0 Å². The first-order chi connectivity index (χ1) is 14.9. The number of imide groups is 1. The van der Waals surface area contributed by atoms with Gasteiger partial charge in [0.05, 0.1) is 10.5 Å². The summed E-state index contributed by atoms with van der Waals surface area (Å²) in [6, 6.07) is 5.64. The number of nitrogens with one attached hydrogen (secondary N) is 1. The Balaban J connectivity index is 1.57. The maximum Gasteiger partial charge on any atom is 0.338 e. The number of amides is 2. The smallest absolute Gasteiger partial charge is 0.338 e. The van der Waals surface area contributed by atoms with E-state index < -0.39 is 28.5 Å². The zero-order valence-electron chi connectivity index (χ0n) is 17.7. The molecule has 2 aliphatic rings. The summed E-state index contributed by atoms with van der Waals surface area (Å²) in [5.41, 5.74) is 0.0438. The minimum atomic E-state index is -3.70. The molecule has 2 fully saturated rings. The number of benzene rings is 1. The summed E-state index contributed by atoms with van der Waals surface area (Å²) in [6.45, 7) is 0.332. The zero-order chi connectivity index (χ0) is 22.3. The Hall–Kier alpha value is -2.26. The Morgan fingerprint density at radius 1 is 0.968 bits per heavy atom. The second-order valence-corrected chi connectivity index (χ2v) is 10.1. The lowest BCUT2D eigenvalue weighted by atomic mass is 9.89. The molecular weight excluding hydrogens is 420 g/mol. The molecule has 1 saturated heterocycles. The average molecular weight is 451 g/mol. The lowest BCUT2D eigenvalue weighted by Crippen LogP contribution is -2.38. The minimum absolute atomic E-state index is 0.0285. The van der Waals surface area contributed by atoms with E-state index >= 15 is 0 Å². The summed E-state index contributed by atoms with van der Waals surface area (Å²) in [5, 5.41) is 2.28. The van der Waals surface area contributed by atoms with Gasteiger partial charge < -0.3 is 4.74 Å². The van der Waals surface area contributed by atoms with Gasteiger partial charge in [-0.1, -0.05) is 38.2 Å². The van der Waals surface area contributed by atoms with Crippen molar-refractivity contribution in [1.82, 2.24) is 9.62 Å². The van der Waals surface area contributed by atoms with Crippen LogP contribution in [0.1, 0.15) is 68.1 Å². The standard InChI is InChI=1S/C22H30N2O6S/c25-20(23-21(26)17-9-4-3-5-10-17)16-30-22(27)18-11-8-12-19(15-18)31(28,29)24-13-6-1-2-7-14-24/h8,11-12,15,17H,1-7,9-10,13-14,16H2,(H,23,25,26). The number of ether oxygens (including phenoxy) is 1. The monoisotopic (exact) mass is 450 g/mol. The van der Waals surface area contributed by atoms with E-state index in [-0.39, 0.29) is 22.3 Å². The van der Waals surface area contributed by atoms with E-state index in [1.165, 1.54) is 28.6 Å². The maximum absolute atomic E-state index is 12.9. The first kappa shape index (κ1) is 23.4. The highest BCUT2D eigenvalue weighted by atomic mass is 32.2. The van der Waals surface area contributed by atoms with Crippen LogP contribution in [-0.4, -0.2) is 50.2 Å². The second kappa shape index (κ2) is 10.9. The summed E-state index contributed by atoms with van der Waals surface area (Å²) < 4.78 is 32.3. The van der Waals surface area contributed by atoms with Crippen LogP contribution in [0, 0.1) is 5.92 Å². The number of sulfonamides is 1. The largest absolute Gasteiger partial charge is 0.452 e. The van der Waals surface area contributed by atoms with E-state index in [9.17, 15) is 22.8 Å². The van der Waals surface area contributed by atoms with Crippen LogP contribution in [-0.2, 0) is 24.3 Å². The summed E-state index contributed by atoms with van der Waals surface area (Å²) >= 11 is 0. The Bertz CT molecular complexity index is 900. The SMILES string of the molecule is O=C(COC(=O)c1cccc(S(=O)(=O)N2CCCCCC2)c1)NC(=O)C1CCCCC1. The lowest BCUT2D eigenvalue weighted by Gasteiger charge is -2.20. The summed E-state index contributed by atoms with van der Waals surface area (Å²) in [5.74, 6) is -1.99. The van der Waals surface area contributed by atoms with E-state index in [2.05, 4.69) is 5.32 Å². The number of carbonyl (C=O) groups is 3. The third kappa shape index (κ3) is 6.36. The number of hydrogen-bond donors (Lipinski definition) is 1. The fourth-order valence-electron chi connectivity index (χ4n) is 4.07. The van der Waals surface area contributed by atoms with E-state index in [1.54, 1.807) is 0 Å². The molecule has 1 heterocycles. The molecule has 1 saturated carbocycles. The highest BCUT2D eigenvalue weighted by Gasteiger charge is 2.26. The predicted molar refractivity (Wildman–Crippen MR) is 114 cm³/mol. The molecule has 2 amide bonds. The molecule has 31 heavy (non-hydrogen) atoms. The molecule has 0 unspecified atom stereocenters. The fourth-order valence-corrected chi connectivity index (χ4v) is 5.63. The zero-order valence-corrected chi connectivity index (χ0v) is 18.5. The third-order valence-corrected chi connectivity index (χ3v) is 7.74. The number of nitrogens with zero attached hydrogens (tertiary/aromatic N) is 1. The normalized spacial score (nSPS) is 18.7. The highest BCUT2D eigenvalue weighted by molar-refractivity contribution is 7.89. The lowest BCUT2D eigenvalue weighted by molar-refractivity contribution is -0.135. The van der Waals surface area contributed by atoms with Gasteiger partial charge in [0.25, 0.3) is 5.91 Å². The Labute approximate surface area is 183 Å². The van der Waals surface area contributed by atoms with Crippen molar-refractivity contribution >= 4 is 27.8 Å². The summed E-state index contributed by atoms with van der Waals surface area (Å²) in [6.07, 6.45) is 8.20. The third-order valence-electron chi connectivity index (χ3n) is 5.85. The van der Waals surface area contributed by atoms with Crippen LogP contribution in [0.3, 0.4) is 0 Å². The van der Waals surface area contributed by atoms with Gasteiger partial charge in [0.15, 0.2) is 6.61 Å². The van der Waals surface area contributed by atoms with Crippen molar-refractivity contribution in [3.05, 3.63) is 29.8 Å². The van der Waals surface area contributed by atoms with Gasteiger partial charge in [-0.25, -0.2) is 13.2 Å². The van der Waals surface area contributed by atoms with Crippen LogP contribution in [0.25, 0.3) is 0 Å². The van der Waals surface area contributed by atoms with E-state index in [1.807, 2.05) is 0 Å². The molecule has 1 aromatic rings. The molecule has 0 spiro atoms. The van der Waals surface area contributed by atoms with Crippen LogP contribution < -0.4 is 5.32 Å². The van der Waals surface area contributed by atoms with Crippen molar-refractivity contribution in [3.63, 3.8) is 0 Å².